The van der Waals surface area contributed by atoms with Gasteiger partial charge in [0.2, 0.25) is 0 Å². The van der Waals surface area contributed by atoms with E-state index in [0.29, 0.717) is 5.56 Å². The zero-order valence-electron chi connectivity index (χ0n) is 10.6. The lowest BCUT2D eigenvalue weighted by atomic mass is 10.0. The average molecular weight is 331 g/mol. The Morgan fingerprint density at radius 2 is 1.57 bits per heavy atom. The molecule has 0 aliphatic carbocycles. The number of thioether (sulfide) groups is 1. The first-order valence-corrected chi connectivity index (χ1v) is 7.21. The molecule has 1 atom stereocenters. The van der Waals surface area contributed by atoms with E-state index in [4.69, 9.17) is 11.6 Å². The predicted molar refractivity (Wildman–Crippen MR) is 77.7 cm³/mol. The zero-order valence-corrected chi connectivity index (χ0v) is 12.2. The molecular formula is C15H10ClF3OS. The molecule has 0 saturated heterocycles. The Hall–Kier alpha value is -1.46. The fourth-order valence-electron chi connectivity index (χ4n) is 1.74. The van der Waals surface area contributed by atoms with Crippen molar-refractivity contribution in [3.63, 3.8) is 0 Å². The number of Topliss-reactive ketones (excluding diaryl/α,β-unsaturated/α-hetero) is 1. The smallest absolute Gasteiger partial charge is 0.292 e. The molecule has 2 aromatic rings. The van der Waals surface area contributed by atoms with E-state index in [1.54, 1.807) is 30.3 Å². The molecule has 0 heterocycles. The minimum atomic E-state index is -4.34. The maximum atomic E-state index is 12.2. The van der Waals surface area contributed by atoms with Crippen molar-refractivity contribution >= 4 is 29.1 Å². The molecule has 0 fully saturated rings. The fraction of sp³-hybridized carbons (Fsp3) is 0.133. The van der Waals surface area contributed by atoms with Crippen LogP contribution in [-0.2, 0) is 0 Å². The molecule has 0 aliphatic heterocycles. The van der Waals surface area contributed by atoms with Gasteiger partial charge in [-0.1, -0.05) is 42.5 Å². The van der Waals surface area contributed by atoms with E-state index in [1.165, 1.54) is 24.3 Å². The third kappa shape index (κ3) is 4.51. The first-order valence-electron chi connectivity index (χ1n) is 5.96. The molecule has 0 amide bonds. The molecule has 0 aromatic heterocycles. The number of hydrogen-bond acceptors (Lipinski definition) is 2. The number of benzene rings is 2. The Kier molecular flexibility index (Phi) is 4.96. The van der Waals surface area contributed by atoms with Crippen LogP contribution >= 0.6 is 23.4 Å². The molecule has 110 valence electrons. The van der Waals surface area contributed by atoms with Crippen molar-refractivity contribution in [3.05, 3.63) is 65.7 Å². The van der Waals surface area contributed by atoms with E-state index >= 15 is 0 Å². The maximum Gasteiger partial charge on any atom is 0.446 e. The van der Waals surface area contributed by atoms with Gasteiger partial charge in [-0.3, -0.25) is 4.79 Å². The summed E-state index contributed by atoms with van der Waals surface area (Å²) in [7, 11) is 0. The van der Waals surface area contributed by atoms with Gasteiger partial charge in [0.15, 0.2) is 5.78 Å². The first kappa shape index (κ1) is 15.9. The maximum absolute atomic E-state index is 12.2. The summed E-state index contributed by atoms with van der Waals surface area (Å²) < 4.78 is 36.7. The number of carbonyl (C=O) groups is 1. The van der Waals surface area contributed by atoms with Crippen molar-refractivity contribution < 1.29 is 18.0 Å². The summed E-state index contributed by atoms with van der Waals surface area (Å²) in [5.41, 5.74) is -3.41. The van der Waals surface area contributed by atoms with Crippen molar-refractivity contribution in [2.75, 3.05) is 0 Å². The van der Waals surface area contributed by atoms with Gasteiger partial charge >= 0.3 is 5.51 Å². The number of halogens is 4. The van der Waals surface area contributed by atoms with Crippen LogP contribution in [0.4, 0.5) is 13.2 Å². The molecular weight excluding hydrogens is 321 g/mol. The Balaban J connectivity index is 2.13. The molecule has 6 heteroatoms. The Bertz CT molecular complexity index is 611. The zero-order chi connectivity index (χ0) is 15.5. The third-order valence-corrected chi connectivity index (χ3v) is 3.88. The first-order chi connectivity index (χ1) is 9.87. The number of alkyl halides is 4. The van der Waals surface area contributed by atoms with Crippen LogP contribution in [0.25, 0.3) is 0 Å². The van der Waals surface area contributed by atoms with Gasteiger partial charge in [0.05, 0.1) is 0 Å². The highest BCUT2D eigenvalue weighted by Gasteiger charge is 2.29. The molecule has 0 radical (unpaired) electrons. The second kappa shape index (κ2) is 6.54. The van der Waals surface area contributed by atoms with E-state index < -0.39 is 10.9 Å². The van der Waals surface area contributed by atoms with Crippen molar-refractivity contribution in [2.24, 2.45) is 0 Å². The van der Waals surface area contributed by atoms with Crippen LogP contribution in [0, 0.1) is 0 Å². The van der Waals surface area contributed by atoms with Gasteiger partial charge in [-0.25, -0.2) is 0 Å². The number of ketones is 1. The molecule has 0 aliphatic rings. The van der Waals surface area contributed by atoms with E-state index in [0.717, 1.165) is 0 Å². The number of rotatable bonds is 4. The fourth-order valence-corrected chi connectivity index (χ4v) is 2.55. The number of carbonyl (C=O) groups excluding carboxylic acids is 1. The lowest BCUT2D eigenvalue weighted by molar-refractivity contribution is -0.0328. The summed E-state index contributed by atoms with van der Waals surface area (Å²) in [5.74, 6) is -0.341. The van der Waals surface area contributed by atoms with Crippen LogP contribution in [0.1, 0.15) is 21.3 Å². The average Bonchev–Trinajstić information content (AvgIpc) is 2.46. The summed E-state index contributed by atoms with van der Waals surface area (Å²) >= 11 is 5.88. The standard InChI is InChI=1S/C15H10ClF3OS/c16-13(10-4-2-1-3-5-10)14(20)11-6-8-12(9-7-11)21-15(17,18)19/h1-9,13H. The van der Waals surface area contributed by atoms with Gasteiger partial charge in [-0.15, -0.1) is 11.6 Å². The van der Waals surface area contributed by atoms with Crippen LogP contribution in [0.5, 0.6) is 0 Å². The molecule has 2 rings (SSSR count). The van der Waals surface area contributed by atoms with Crippen LogP contribution in [0.15, 0.2) is 59.5 Å². The topological polar surface area (TPSA) is 17.1 Å². The molecule has 0 saturated carbocycles. The highest BCUT2D eigenvalue weighted by atomic mass is 35.5. The molecule has 21 heavy (non-hydrogen) atoms. The largest absolute Gasteiger partial charge is 0.446 e. The van der Waals surface area contributed by atoms with E-state index in [9.17, 15) is 18.0 Å². The van der Waals surface area contributed by atoms with Crippen LogP contribution in [0.2, 0.25) is 0 Å². The van der Waals surface area contributed by atoms with Gasteiger partial charge in [0.1, 0.15) is 5.38 Å². The van der Waals surface area contributed by atoms with E-state index in [2.05, 4.69) is 0 Å². The second-order valence-corrected chi connectivity index (χ2v) is 5.78. The van der Waals surface area contributed by atoms with Crippen LogP contribution < -0.4 is 0 Å². The molecule has 2 aromatic carbocycles. The lowest BCUT2D eigenvalue weighted by Crippen LogP contribution is -2.07. The van der Waals surface area contributed by atoms with Crippen LogP contribution in [-0.4, -0.2) is 11.3 Å². The van der Waals surface area contributed by atoms with Crippen molar-refractivity contribution in [1.29, 1.82) is 0 Å². The Morgan fingerprint density at radius 3 is 2.10 bits per heavy atom. The minimum absolute atomic E-state index is 0.0323. The van der Waals surface area contributed by atoms with Gasteiger partial charge < -0.3 is 0 Å². The highest BCUT2D eigenvalue weighted by molar-refractivity contribution is 8.00. The molecule has 0 bridgehead atoms. The van der Waals surface area contributed by atoms with Gasteiger partial charge in [0, 0.05) is 10.5 Å². The van der Waals surface area contributed by atoms with Crippen molar-refractivity contribution in [2.45, 2.75) is 15.8 Å². The lowest BCUT2D eigenvalue weighted by Gasteiger charge is -2.10. The third-order valence-electron chi connectivity index (χ3n) is 2.69. The SMILES string of the molecule is O=C(c1ccc(SC(F)(F)F)cc1)C(Cl)c1ccccc1. The molecule has 1 unspecified atom stereocenters. The Morgan fingerprint density at radius 1 is 1.00 bits per heavy atom. The monoisotopic (exact) mass is 330 g/mol. The molecule has 0 spiro atoms. The summed E-state index contributed by atoms with van der Waals surface area (Å²) in [5, 5.41) is -0.854. The van der Waals surface area contributed by atoms with Gasteiger partial charge in [-0.2, -0.15) is 13.2 Å². The second-order valence-electron chi connectivity index (χ2n) is 4.21. The normalized spacial score (nSPS) is 13.0. The predicted octanol–water partition coefficient (Wildman–Crippen LogP) is 5.46. The summed E-state index contributed by atoms with van der Waals surface area (Å²) in [4.78, 5) is 12.2. The molecule has 0 N–H and O–H groups in total. The summed E-state index contributed by atoms with van der Waals surface area (Å²) in [6, 6.07) is 14.0. The molecule has 1 nitrogen and oxygen atoms in total. The van der Waals surface area contributed by atoms with Gasteiger partial charge in [0.25, 0.3) is 0 Å². The van der Waals surface area contributed by atoms with E-state index in [-0.39, 0.29) is 28.0 Å². The van der Waals surface area contributed by atoms with Gasteiger partial charge in [-0.05, 0) is 29.5 Å². The quantitative estimate of drug-likeness (QED) is 0.420. The summed E-state index contributed by atoms with van der Waals surface area (Å²) in [6.45, 7) is 0. The summed E-state index contributed by atoms with van der Waals surface area (Å²) in [6.07, 6.45) is 0. The van der Waals surface area contributed by atoms with Crippen molar-refractivity contribution in [3.8, 4) is 0 Å². The Labute approximate surface area is 129 Å². The van der Waals surface area contributed by atoms with Crippen LogP contribution in [0.3, 0.4) is 0 Å². The van der Waals surface area contributed by atoms with Crippen molar-refractivity contribution in [1.82, 2.24) is 0 Å². The highest BCUT2D eigenvalue weighted by Crippen LogP contribution is 2.37. The van der Waals surface area contributed by atoms with E-state index in [1.807, 2.05) is 0 Å². The number of hydrogen-bond donors (Lipinski definition) is 0. The minimum Gasteiger partial charge on any atom is -0.292 e.